The number of carbonyl (C=O) groups is 1. The Morgan fingerprint density at radius 1 is 1.43 bits per heavy atom. The van der Waals surface area contributed by atoms with Crippen LogP contribution in [-0.4, -0.2) is 47.0 Å². The van der Waals surface area contributed by atoms with Crippen LogP contribution in [0.4, 0.5) is 9.80 Å². The Kier molecular flexibility index (Phi) is 4.77. The van der Waals surface area contributed by atoms with Gasteiger partial charge in [0.25, 0.3) is 0 Å². The number of thiophene rings is 1. The average Bonchev–Trinajstić information content (AvgIpc) is 3.31. The second kappa shape index (κ2) is 7.28. The Balaban J connectivity index is 1.58. The molecular weight excluding hydrogens is 414 g/mol. The molecule has 5 nitrogen and oxygen atoms in total. The van der Waals surface area contributed by atoms with Crippen molar-refractivity contribution in [3.05, 3.63) is 50.9 Å². The average molecular weight is 434 g/mol. The van der Waals surface area contributed by atoms with Gasteiger partial charge in [0.15, 0.2) is 0 Å². The number of hydrogen-bond donors (Lipinski definition) is 1. The minimum atomic E-state index is -0.236. The fraction of sp³-hybridized carbons (Fsp3) is 0.400. The maximum atomic E-state index is 12.2. The molecule has 146 valence electrons. The zero-order valence-electron chi connectivity index (χ0n) is 15.4. The van der Waals surface area contributed by atoms with Gasteiger partial charge >= 0.3 is 6.09 Å². The number of nitrogens with zero attached hydrogens (tertiary/aromatic N) is 2. The van der Waals surface area contributed by atoms with Gasteiger partial charge in [0.05, 0.1) is 41.0 Å². The fourth-order valence-electron chi connectivity index (χ4n) is 3.80. The summed E-state index contributed by atoms with van der Waals surface area (Å²) in [6, 6.07) is 7.91. The molecular formula is C20H20ClN3O2S2. The van der Waals surface area contributed by atoms with Crippen molar-refractivity contribution in [2.45, 2.75) is 30.5 Å². The number of amides is 1. The molecule has 1 amide bonds. The molecule has 0 radical (unpaired) electrons. The van der Waals surface area contributed by atoms with Crippen molar-refractivity contribution < 1.29 is 9.53 Å². The largest absolute Gasteiger partial charge is 0.450 e. The van der Waals surface area contributed by atoms with E-state index >= 15 is 0 Å². The molecule has 2 unspecified atom stereocenters. The standard InChI is InChI=1S/C20H20ClN3O2S2/c1-2-26-20(25)24-8-7-12-15(10-24)28-19-16(12)17(11-5-3-4-6-13(11)21)22-9-14-18(23-19)27-14/h3-6,14,18,23H,2,7-10H2,1H3. The number of thioether (sulfide) groups is 1. The Morgan fingerprint density at radius 2 is 2.29 bits per heavy atom. The molecule has 4 heterocycles. The third-order valence-electron chi connectivity index (χ3n) is 5.23. The van der Waals surface area contributed by atoms with E-state index < -0.39 is 0 Å². The predicted octanol–water partition coefficient (Wildman–Crippen LogP) is 4.62. The molecule has 1 aromatic heterocycles. The fourth-order valence-corrected chi connectivity index (χ4v) is 6.19. The lowest BCUT2D eigenvalue weighted by molar-refractivity contribution is 0.103. The first kappa shape index (κ1) is 18.3. The summed E-state index contributed by atoms with van der Waals surface area (Å²) in [5, 5.41) is 6.51. The van der Waals surface area contributed by atoms with Crippen molar-refractivity contribution in [3.8, 4) is 0 Å². The maximum Gasteiger partial charge on any atom is 0.410 e. The molecule has 28 heavy (non-hydrogen) atoms. The molecule has 0 saturated carbocycles. The Labute approximate surface area is 177 Å². The van der Waals surface area contributed by atoms with Crippen molar-refractivity contribution in [3.63, 3.8) is 0 Å². The third-order valence-corrected chi connectivity index (χ3v) is 7.91. The Morgan fingerprint density at radius 3 is 3.11 bits per heavy atom. The summed E-state index contributed by atoms with van der Waals surface area (Å²) < 4.78 is 5.20. The van der Waals surface area contributed by atoms with E-state index in [4.69, 9.17) is 21.3 Å². The minimum absolute atomic E-state index is 0.236. The molecule has 3 aliphatic rings. The molecule has 5 rings (SSSR count). The van der Waals surface area contributed by atoms with Gasteiger partial charge in [-0.3, -0.25) is 4.99 Å². The van der Waals surface area contributed by atoms with Crippen LogP contribution in [0.15, 0.2) is 29.3 Å². The SMILES string of the molecule is CCOC(=O)N1CCc2c(sc3c2C(c2ccccc2Cl)=NCC2SC2N3)C1. The van der Waals surface area contributed by atoms with E-state index in [9.17, 15) is 4.79 Å². The third kappa shape index (κ3) is 3.19. The van der Waals surface area contributed by atoms with Gasteiger partial charge in [0, 0.05) is 27.6 Å². The highest BCUT2D eigenvalue weighted by molar-refractivity contribution is 8.07. The van der Waals surface area contributed by atoms with Gasteiger partial charge in [-0.1, -0.05) is 29.8 Å². The first-order valence-corrected chi connectivity index (χ1v) is 11.6. The quantitative estimate of drug-likeness (QED) is 0.702. The van der Waals surface area contributed by atoms with E-state index in [0.717, 1.165) is 34.3 Å². The minimum Gasteiger partial charge on any atom is -0.450 e. The summed E-state index contributed by atoms with van der Waals surface area (Å²) in [4.78, 5) is 20.2. The number of benzene rings is 1. The number of fused-ring (bicyclic) bond motifs is 4. The molecule has 8 heteroatoms. The van der Waals surface area contributed by atoms with E-state index in [1.807, 2.05) is 43.0 Å². The van der Waals surface area contributed by atoms with E-state index in [1.54, 1.807) is 16.2 Å². The number of ether oxygens (including phenoxy) is 1. The highest BCUT2D eigenvalue weighted by Gasteiger charge is 2.42. The highest BCUT2D eigenvalue weighted by Crippen LogP contribution is 2.48. The van der Waals surface area contributed by atoms with E-state index in [1.165, 1.54) is 16.0 Å². The molecule has 1 aromatic carbocycles. The van der Waals surface area contributed by atoms with E-state index in [0.29, 0.717) is 30.3 Å². The van der Waals surface area contributed by atoms with Crippen LogP contribution >= 0.6 is 34.7 Å². The van der Waals surface area contributed by atoms with Crippen LogP contribution in [0.3, 0.4) is 0 Å². The van der Waals surface area contributed by atoms with Gasteiger partial charge in [0.1, 0.15) is 0 Å². The smallest absolute Gasteiger partial charge is 0.410 e. The predicted molar refractivity (Wildman–Crippen MR) is 116 cm³/mol. The van der Waals surface area contributed by atoms with E-state index in [2.05, 4.69) is 5.32 Å². The van der Waals surface area contributed by atoms with Crippen molar-refractivity contribution in [1.82, 2.24) is 4.90 Å². The molecule has 0 bridgehead atoms. The first-order valence-electron chi connectivity index (χ1n) is 9.43. The summed E-state index contributed by atoms with van der Waals surface area (Å²) in [7, 11) is 0. The van der Waals surface area contributed by atoms with Crippen LogP contribution in [0.2, 0.25) is 5.02 Å². The van der Waals surface area contributed by atoms with Crippen LogP contribution in [0.25, 0.3) is 0 Å². The summed E-state index contributed by atoms with van der Waals surface area (Å²) >= 11 is 10.2. The molecule has 2 aromatic rings. The zero-order chi connectivity index (χ0) is 19.3. The highest BCUT2D eigenvalue weighted by atomic mass is 35.5. The molecule has 0 spiro atoms. The monoisotopic (exact) mass is 433 g/mol. The lowest BCUT2D eigenvalue weighted by atomic mass is 9.95. The number of anilines is 1. The summed E-state index contributed by atoms with van der Waals surface area (Å²) in [5.74, 6) is 0. The summed E-state index contributed by atoms with van der Waals surface area (Å²) in [5.41, 5.74) is 4.41. The van der Waals surface area contributed by atoms with Gasteiger partial charge in [0.2, 0.25) is 0 Å². The number of rotatable bonds is 2. The Bertz CT molecular complexity index is 974. The van der Waals surface area contributed by atoms with Gasteiger partial charge < -0.3 is 15.0 Å². The van der Waals surface area contributed by atoms with Gasteiger partial charge in [-0.15, -0.1) is 23.1 Å². The molecule has 3 aliphatic heterocycles. The summed E-state index contributed by atoms with van der Waals surface area (Å²) in [6.07, 6.45) is 0.562. The normalized spacial score (nSPS) is 22.6. The zero-order valence-corrected chi connectivity index (χ0v) is 17.8. The van der Waals surface area contributed by atoms with Crippen LogP contribution in [0, 0.1) is 0 Å². The molecule has 1 N–H and O–H groups in total. The number of nitrogens with one attached hydrogen (secondary N) is 1. The molecule has 0 aliphatic carbocycles. The summed E-state index contributed by atoms with van der Waals surface area (Å²) in [6.45, 7) is 4.27. The van der Waals surface area contributed by atoms with E-state index in [-0.39, 0.29) is 6.09 Å². The van der Waals surface area contributed by atoms with Gasteiger partial charge in [-0.2, -0.15) is 0 Å². The lowest BCUT2D eigenvalue weighted by Gasteiger charge is -2.26. The van der Waals surface area contributed by atoms with Crippen molar-refractivity contribution >= 4 is 51.5 Å². The second-order valence-electron chi connectivity index (χ2n) is 6.99. The van der Waals surface area contributed by atoms with Crippen LogP contribution in [0.1, 0.15) is 28.5 Å². The first-order chi connectivity index (χ1) is 13.7. The number of carbonyl (C=O) groups excluding carboxylic acids is 1. The number of halogens is 1. The molecule has 1 saturated heterocycles. The van der Waals surface area contributed by atoms with Crippen LogP contribution < -0.4 is 5.32 Å². The maximum absolute atomic E-state index is 12.2. The molecule has 2 atom stereocenters. The van der Waals surface area contributed by atoms with Crippen LogP contribution in [0.5, 0.6) is 0 Å². The lowest BCUT2D eigenvalue weighted by Crippen LogP contribution is -2.36. The van der Waals surface area contributed by atoms with Gasteiger partial charge in [-0.05, 0) is 25.0 Å². The van der Waals surface area contributed by atoms with Crippen molar-refractivity contribution in [2.24, 2.45) is 4.99 Å². The topological polar surface area (TPSA) is 53.9 Å². The van der Waals surface area contributed by atoms with Crippen LogP contribution in [-0.2, 0) is 17.7 Å². The number of hydrogen-bond acceptors (Lipinski definition) is 6. The van der Waals surface area contributed by atoms with Crippen molar-refractivity contribution in [2.75, 3.05) is 25.0 Å². The number of aliphatic imine (C=N–C) groups is 1. The Hall–Kier alpha value is -1.70. The van der Waals surface area contributed by atoms with Crippen molar-refractivity contribution in [1.29, 1.82) is 0 Å². The van der Waals surface area contributed by atoms with Gasteiger partial charge in [-0.25, -0.2) is 4.79 Å². The molecule has 1 fully saturated rings. The second-order valence-corrected chi connectivity index (χ2v) is 9.88.